The van der Waals surface area contributed by atoms with Crippen molar-refractivity contribution in [3.63, 3.8) is 0 Å². The van der Waals surface area contributed by atoms with E-state index >= 15 is 0 Å². The molecule has 0 radical (unpaired) electrons. The molecule has 3 fully saturated rings. The quantitative estimate of drug-likeness (QED) is 0.0296. The molecule has 3 aliphatic heterocycles. The molecule has 3 aliphatic rings. The smallest absolute Gasteiger partial charge is 0.320 e. The van der Waals surface area contributed by atoms with Crippen LogP contribution in [0, 0.1) is 33.5 Å². The number of nitrogens with one attached hydrogen (secondary N) is 7. The number of aromatic nitrogens is 12. The van der Waals surface area contributed by atoms with Crippen molar-refractivity contribution in [1.82, 2.24) is 89.7 Å². The van der Waals surface area contributed by atoms with Crippen molar-refractivity contribution in [3.05, 3.63) is 252 Å². The molecule has 9 atom stereocenters. The van der Waals surface area contributed by atoms with E-state index in [0.29, 0.717) is 55.3 Å². The molecule has 0 spiro atoms. The largest absolute Gasteiger partial charge is 0.385 e. The fourth-order valence-corrected chi connectivity index (χ4v) is 16.1. The molecule has 27 nitrogen and oxygen atoms in total. The van der Waals surface area contributed by atoms with Crippen molar-refractivity contribution in [2.75, 3.05) is 71.2 Å². The highest BCUT2D eigenvalue weighted by Gasteiger charge is 2.43. The SMILES string of the molecule is COCC[C@@H]1C[C@@H](NC(=O)Nc2c(C)c(-c3cnn(C)c3)nn2-c2ccccc2)[C@H](c2ccc(C)c(F)c2)N1C.COCC[C@@H]1C[C@@H](NC(=O)Nc2c(C)c(-c3cnn(C)c3)nn2-c2ccccc2)[C@H](c2ccccc2)N1.COCC[C@@H]1C[C@@H](NC(=O)Nc2c(C)c(-c3cnn(C)c3)nn2-c2ccccc2)[C@H](c2ccccc2)N1C. The van der Waals surface area contributed by atoms with Crippen LogP contribution in [0.1, 0.15) is 95.6 Å². The molecule has 0 aliphatic carbocycles. The maximum absolute atomic E-state index is 14.6. The van der Waals surface area contributed by atoms with Crippen LogP contribution in [0.15, 0.2) is 207 Å². The fraction of sp³-hybridized carbons (Fsp3) is 0.345. The predicted octanol–water partition coefficient (Wildman–Crippen LogP) is 13.8. The van der Waals surface area contributed by atoms with Crippen LogP contribution in [0.5, 0.6) is 0 Å². The Bertz CT molecular complexity index is 5200. The first kappa shape index (κ1) is 81.1. The van der Waals surface area contributed by atoms with Gasteiger partial charge in [-0.3, -0.25) is 39.8 Å². The number of para-hydroxylation sites is 3. The molecule has 7 N–H and O–H groups in total. The Labute approximate surface area is 670 Å². The summed E-state index contributed by atoms with van der Waals surface area (Å²) in [5.74, 6) is 1.58. The zero-order chi connectivity index (χ0) is 80.8. The highest BCUT2D eigenvalue weighted by atomic mass is 19.1. The standard InChI is InChI=1S/C30H36FN7O2.C29H35N7O2.C28H33N7O2/c1-19-11-12-21(15-25(19)31)28-26(16-24(37(28)4)13-14-40-5)33-30(39)34-29-20(2)27(22-17-32-36(3)18-22)35-38(29)23-9-7-6-8-10-23;1-20-26(22-18-30-34(2)19-22)33-36(23-13-9-6-10-14-23)28(20)32-29(37)31-25-17-24(15-16-38-4)35(3)27(25)21-11-7-5-8-12-21;1-19-25(21-17-29-34(2)18-21)33-35(23-12-8-5-9-13-23)27(19)32-28(36)31-24-16-22(14-15-37-3)30-26(24)20-10-6-4-7-11-20/h6-12,15,17-18,24,26,28H,13-14,16H2,1-5H3,(H2,33,34,39);5-14,18-19,24-25,27H,15-17H2,1-4H3,(H2,31,32,37);4-13,17-18,22,24,26,30H,14-16H2,1-3H3,(H2,31,32,36)/t24-,26-,28+;24-,25-,27+;22-,24-,26+/m111/s1. The number of benzene rings is 6. The summed E-state index contributed by atoms with van der Waals surface area (Å²) in [7, 11) is 14.9. The van der Waals surface area contributed by atoms with E-state index in [-0.39, 0.29) is 72.2 Å². The molecule has 15 rings (SSSR count). The average Bonchev–Trinajstić information content (AvgIpc) is 1.64. The molecule has 600 valence electrons. The lowest BCUT2D eigenvalue weighted by Crippen LogP contribution is -2.41. The average molecular weight is 1560 g/mol. The summed E-state index contributed by atoms with van der Waals surface area (Å²) in [4.78, 5) is 45.1. The van der Waals surface area contributed by atoms with E-state index in [2.05, 4.69) is 93.6 Å². The van der Waals surface area contributed by atoms with Gasteiger partial charge >= 0.3 is 18.1 Å². The first-order chi connectivity index (χ1) is 55.7. The lowest BCUT2D eigenvalue weighted by atomic mass is 9.98. The summed E-state index contributed by atoms with van der Waals surface area (Å²) in [6.07, 6.45) is 16.0. The lowest BCUT2D eigenvalue weighted by molar-refractivity contribution is 0.150. The number of carbonyl (C=O) groups is 3. The van der Waals surface area contributed by atoms with Crippen LogP contribution in [0.25, 0.3) is 50.8 Å². The van der Waals surface area contributed by atoms with E-state index in [1.807, 2.05) is 201 Å². The first-order valence-corrected chi connectivity index (χ1v) is 38.9. The minimum atomic E-state index is -0.346. The van der Waals surface area contributed by atoms with Gasteiger partial charge < -0.3 is 35.5 Å². The molecule has 3 saturated heterocycles. The number of aryl methyl sites for hydroxylation is 4. The second-order valence-corrected chi connectivity index (χ2v) is 29.8. The van der Waals surface area contributed by atoms with Crippen molar-refractivity contribution in [1.29, 1.82) is 0 Å². The van der Waals surface area contributed by atoms with E-state index < -0.39 is 0 Å². The molecule has 0 saturated carbocycles. The van der Waals surface area contributed by atoms with E-state index in [9.17, 15) is 18.8 Å². The predicted molar refractivity (Wildman–Crippen MR) is 445 cm³/mol. The van der Waals surface area contributed by atoms with Gasteiger partial charge in [0.15, 0.2) is 0 Å². The zero-order valence-corrected chi connectivity index (χ0v) is 67.3. The second kappa shape index (κ2) is 37.4. The van der Waals surface area contributed by atoms with E-state index in [0.717, 1.165) is 111 Å². The minimum Gasteiger partial charge on any atom is -0.385 e. The number of hydrogen-bond acceptors (Lipinski definition) is 15. The number of nitrogens with zero attached hydrogens (tertiary/aromatic N) is 14. The number of carbonyl (C=O) groups excluding carboxylic acids is 3. The van der Waals surface area contributed by atoms with Gasteiger partial charge in [-0.1, -0.05) is 127 Å². The van der Waals surface area contributed by atoms with Gasteiger partial charge in [0.1, 0.15) is 40.4 Å². The van der Waals surface area contributed by atoms with Gasteiger partial charge in [-0.2, -0.15) is 30.6 Å². The van der Waals surface area contributed by atoms with Crippen LogP contribution >= 0.6 is 0 Å². The molecule has 12 aromatic rings. The number of likely N-dealkylation sites (tertiary alicyclic amines) is 2. The molecule has 115 heavy (non-hydrogen) atoms. The number of methoxy groups -OCH3 is 3. The fourth-order valence-electron chi connectivity index (χ4n) is 16.1. The summed E-state index contributed by atoms with van der Waals surface area (Å²) in [6.45, 7) is 9.59. The Kier molecular flexibility index (Phi) is 26.3. The third-order valence-electron chi connectivity index (χ3n) is 22.0. The topological polar surface area (TPSA) is 277 Å². The maximum Gasteiger partial charge on any atom is 0.320 e. The van der Waals surface area contributed by atoms with Crippen LogP contribution < -0.4 is 37.2 Å². The van der Waals surface area contributed by atoms with E-state index in [1.54, 1.807) is 87.1 Å². The van der Waals surface area contributed by atoms with Gasteiger partial charge in [0, 0.05) is 132 Å². The summed E-state index contributed by atoms with van der Waals surface area (Å²) >= 11 is 0. The number of hydrogen-bond donors (Lipinski definition) is 7. The van der Waals surface area contributed by atoms with Crippen molar-refractivity contribution in [3.8, 4) is 50.8 Å². The Morgan fingerprint density at radius 2 is 0.783 bits per heavy atom. The summed E-state index contributed by atoms with van der Waals surface area (Å²) in [5, 5.41) is 50.1. The highest BCUT2D eigenvalue weighted by Crippen LogP contribution is 2.41. The molecule has 28 heteroatoms. The number of likely N-dealkylation sites (N-methyl/N-ethyl adjacent to an activating group) is 2. The third-order valence-corrected chi connectivity index (χ3v) is 22.0. The van der Waals surface area contributed by atoms with Crippen molar-refractivity contribution in [2.45, 2.75) is 121 Å². The number of amides is 6. The van der Waals surface area contributed by atoms with Crippen molar-refractivity contribution >= 4 is 35.5 Å². The molecular weight excluding hydrogens is 1450 g/mol. The normalized spacial score (nSPS) is 19.3. The molecular formula is C87H104FN21O6. The Morgan fingerprint density at radius 3 is 1.14 bits per heavy atom. The Morgan fingerprint density at radius 1 is 0.435 bits per heavy atom. The van der Waals surface area contributed by atoms with Gasteiger partial charge in [0.2, 0.25) is 0 Å². The highest BCUT2D eigenvalue weighted by molar-refractivity contribution is 5.93. The Balaban J connectivity index is 0.000000150. The van der Waals surface area contributed by atoms with Gasteiger partial charge in [-0.25, -0.2) is 32.8 Å². The molecule has 6 amide bonds. The molecule has 9 heterocycles. The first-order valence-electron chi connectivity index (χ1n) is 38.9. The second-order valence-electron chi connectivity index (χ2n) is 29.8. The number of halogens is 1. The minimum absolute atomic E-state index is 0.0138. The summed E-state index contributed by atoms with van der Waals surface area (Å²) in [6, 6.07) is 54.6. The number of anilines is 3. The maximum atomic E-state index is 14.6. The number of rotatable bonds is 24. The molecule has 6 aromatic heterocycles. The van der Waals surface area contributed by atoms with Gasteiger partial charge in [-0.15, -0.1) is 0 Å². The molecule has 0 unspecified atom stereocenters. The van der Waals surface area contributed by atoms with Crippen LogP contribution in [0.2, 0.25) is 0 Å². The molecule has 6 aromatic carbocycles. The van der Waals surface area contributed by atoms with Crippen LogP contribution in [-0.2, 0) is 35.4 Å². The van der Waals surface area contributed by atoms with E-state index in [4.69, 9.17) is 29.5 Å². The monoisotopic (exact) mass is 1560 g/mol. The van der Waals surface area contributed by atoms with Crippen molar-refractivity contribution in [2.24, 2.45) is 21.1 Å². The van der Waals surface area contributed by atoms with Gasteiger partial charge in [0.25, 0.3) is 0 Å². The summed E-state index contributed by atoms with van der Waals surface area (Å²) in [5.41, 5.74) is 13.8. The van der Waals surface area contributed by atoms with Crippen LogP contribution in [-0.4, -0.2) is 178 Å². The third kappa shape index (κ3) is 19.0. The lowest BCUT2D eigenvalue weighted by Gasteiger charge is -2.28. The van der Waals surface area contributed by atoms with Crippen molar-refractivity contribution < 1.29 is 33.0 Å². The van der Waals surface area contributed by atoms with E-state index in [1.165, 1.54) is 5.56 Å². The number of urea groups is 3. The molecule has 0 bridgehead atoms. The van der Waals surface area contributed by atoms with Crippen LogP contribution in [0.3, 0.4) is 0 Å². The Hall–Kier alpha value is -11.9. The summed E-state index contributed by atoms with van der Waals surface area (Å²) < 4.78 is 41.1. The van der Waals surface area contributed by atoms with Gasteiger partial charge in [0.05, 0.1) is 71.9 Å². The zero-order valence-electron chi connectivity index (χ0n) is 67.3. The van der Waals surface area contributed by atoms with Crippen LogP contribution in [0.4, 0.5) is 36.2 Å². The number of ether oxygens (including phenoxy) is 3. The van der Waals surface area contributed by atoms with Gasteiger partial charge in [-0.05, 0) is 145 Å².